The molecule has 0 aliphatic carbocycles. The summed E-state index contributed by atoms with van der Waals surface area (Å²) in [4.78, 5) is 7.67. The van der Waals surface area contributed by atoms with Crippen LogP contribution < -0.4 is 10.2 Å². The number of imidazole rings is 1. The van der Waals surface area contributed by atoms with Gasteiger partial charge in [0.2, 0.25) is 5.95 Å². The first kappa shape index (κ1) is 20.1. The largest absolute Gasteiger partial charge is 0.340 e. The lowest BCUT2D eigenvalue weighted by atomic mass is 9.95. The third kappa shape index (κ3) is 3.82. The number of hydrogen-bond acceptors (Lipinski definition) is 3. The molecule has 5 rings (SSSR count). The highest BCUT2D eigenvalue weighted by Crippen LogP contribution is 2.36. The molecule has 0 amide bonds. The van der Waals surface area contributed by atoms with E-state index in [0.29, 0.717) is 0 Å². The zero-order valence-electron chi connectivity index (χ0n) is 18.0. The molecule has 2 heterocycles. The summed E-state index contributed by atoms with van der Waals surface area (Å²) in [5.74, 6) is 1.05. The Morgan fingerprint density at radius 3 is 2.39 bits per heavy atom. The quantitative estimate of drug-likeness (QED) is 0.468. The lowest BCUT2D eigenvalue weighted by molar-refractivity contribution is 0.571. The zero-order valence-corrected chi connectivity index (χ0v) is 18.8. The molecule has 31 heavy (non-hydrogen) atoms. The van der Waals surface area contributed by atoms with E-state index in [0.717, 1.165) is 49.2 Å². The number of nitrogens with zero attached hydrogens (tertiary/aromatic N) is 3. The molecule has 5 heteroatoms. The summed E-state index contributed by atoms with van der Waals surface area (Å²) in [7, 11) is 0. The number of aromatic nitrogens is 2. The van der Waals surface area contributed by atoms with E-state index in [-0.39, 0.29) is 0 Å². The van der Waals surface area contributed by atoms with Crippen molar-refractivity contribution in [2.75, 3.05) is 31.1 Å². The maximum absolute atomic E-state index is 6.13. The van der Waals surface area contributed by atoms with Crippen molar-refractivity contribution in [1.82, 2.24) is 14.9 Å². The molecule has 4 nitrogen and oxygen atoms in total. The van der Waals surface area contributed by atoms with Gasteiger partial charge in [0.25, 0.3) is 0 Å². The van der Waals surface area contributed by atoms with Crippen LogP contribution in [0.2, 0.25) is 5.02 Å². The van der Waals surface area contributed by atoms with Gasteiger partial charge in [-0.25, -0.2) is 4.98 Å². The number of aryl methyl sites for hydroxylation is 1. The van der Waals surface area contributed by atoms with Crippen molar-refractivity contribution in [2.24, 2.45) is 0 Å². The van der Waals surface area contributed by atoms with Gasteiger partial charge in [0.15, 0.2) is 0 Å². The smallest absolute Gasteiger partial charge is 0.206 e. The molecule has 1 aromatic heterocycles. The molecule has 1 fully saturated rings. The summed E-state index contributed by atoms with van der Waals surface area (Å²) >= 11 is 6.13. The second kappa shape index (κ2) is 8.37. The summed E-state index contributed by atoms with van der Waals surface area (Å²) in [5.41, 5.74) is 8.53. The van der Waals surface area contributed by atoms with E-state index in [9.17, 15) is 0 Å². The number of nitrogens with one attached hydrogen (secondary N) is 1. The van der Waals surface area contributed by atoms with Gasteiger partial charge in [-0.3, -0.25) is 0 Å². The molecule has 0 spiro atoms. The number of anilines is 1. The fourth-order valence-corrected chi connectivity index (χ4v) is 4.59. The lowest BCUT2D eigenvalue weighted by Crippen LogP contribution is -2.44. The van der Waals surface area contributed by atoms with Crippen LogP contribution in [0.15, 0.2) is 60.7 Å². The molecule has 1 N–H and O–H groups in total. The summed E-state index contributed by atoms with van der Waals surface area (Å²) < 4.78 is 2.38. The van der Waals surface area contributed by atoms with E-state index < -0.39 is 0 Å². The van der Waals surface area contributed by atoms with Crippen LogP contribution in [0.5, 0.6) is 0 Å². The second-order valence-electron chi connectivity index (χ2n) is 8.29. The van der Waals surface area contributed by atoms with Gasteiger partial charge in [0.05, 0.1) is 17.6 Å². The summed E-state index contributed by atoms with van der Waals surface area (Å²) in [6, 6.07) is 21.1. The Kier molecular flexibility index (Phi) is 5.43. The van der Waals surface area contributed by atoms with Gasteiger partial charge in [0.1, 0.15) is 0 Å². The standard InChI is InChI=1S/C26H27ClN4/c1-18-16-23-25(24(19(18)2)21-6-4-3-5-7-21)29-26(30-14-12-28-13-15-30)31(23)17-20-8-10-22(27)11-9-20/h3-11,16,28H,12-15,17H2,1-2H3. The molecule has 4 aromatic rings. The van der Waals surface area contributed by atoms with Gasteiger partial charge in [-0.2, -0.15) is 0 Å². The van der Waals surface area contributed by atoms with Crippen molar-refractivity contribution in [3.05, 3.63) is 82.4 Å². The summed E-state index contributed by atoms with van der Waals surface area (Å²) in [6.07, 6.45) is 0. The maximum atomic E-state index is 6.13. The Labute approximate surface area is 188 Å². The number of rotatable bonds is 4. The van der Waals surface area contributed by atoms with Crippen molar-refractivity contribution < 1.29 is 0 Å². The Bertz CT molecular complexity index is 1210. The van der Waals surface area contributed by atoms with Crippen LogP contribution >= 0.6 is 11.6 Å². The molecule has 0 saturated carbocycles. The van der Waals surface area contributed by atoms with E-state index in [2.05, 4.69) is 77.2 Å². The van der Waals surface area contributed by atoms with Gasteiger partial charge in [-0.1, -0.05) is 54.1 Å². The molecule has 0 radical (unpaired) electrons. The Morgan fingerprint density at radius 1 is 0.968 bits per heavy atom. The zero-order chi connectivity index (χ0) is 21.4. The van der Waals surface area contributed by atoms with E-state index in [1.165, 1.54) is 33.3 Å². The highest BCUT2D eigenvalue weighted by atomic mass is 35.5. The van der Waals surface area contributed by atoms with Gasteiger partial charge < -0.3 is 14.8 Å². The fourth-order valence-electron chi connectivity index (χ4n) is 4.46. The van der Waals surface area contributed by atoms with Crippen molar-refractivity contribution in [3.8, 4) is 11.1 Å². The van der Waals surface area contributed by atoms with Crippen LogP contribution in [0.3, 0.4) is 0 Å². The molecular formula is C26H27ClN4. The van der Waals surface area contributed by atoms with Gasteiger partial charge in [0, 0.05) is 36.8 Å². The number of fused-ring (bicyclic) bond motifs is 1. The normalized spacial score (nSPS) is 14.4. The molecular weight excluding hydrogens is 404 g/mol. The minimum atomic E-state index is 0.763. The first-order chi connectivity index (χ1) is 15.1. The molecule has 1 aliphatic heterocycles. The van der Waals surface area contributed by atoms with Gasteiger partial charge >= 0.3 is 0 Å². The van der Waals surface area contributed by atoms with Crippen LogP contribution in [0.4, 0.5) is 5.95 Å². The molecule has 158 valence electrons. The highest BCUT2D eigenvalue weighted by molar-refractivity contribution is 6.30. The summed E-state index contributed by atoms with van der Waals surface area (Å²) in [5, 5.41) is 4.22. The number of hydrogen-bond donors (Lipinski definition) is 1. The maximum Gasteiger partial charge on any atom is 0.206 e. The SMILES string of the molecule is Cc1cc2c(nc(N3CCNCC3)n2Cc2ccc(Cl)cc2)c(-c2ccccc2)c1C. The monoisotopic (exact) mass is 430 g/mol. The molecule has 3 aromatic carbocycles. The third-order valence-electron chi connectivity index (χ3n) is 6.26. The molecule has 0 atom stereocenters. The van der Waals surface area contributed by atoms with Gasteiger partial charge in [-0.15, -0.1) is 0 Å². The van der Waals surface area contributed by atoms with Crippen LogP contribution in [0.25, 0.3) is 22.2 Å². The van der Waals surface area contributed by atoms with Crippen molar-refractivity contribution >= 4 is 28.6 Å². The number of benzene rings is 3. The van der Waals surface area contributed by atoms with Gasteiger partial charge in [-0.05, 0) is 54.3 Å². The first-order valence-electron chi connectivity index (χ1n) is 10.9. The molecule has 0 bridgehead atoms. The Morgan fingerprint density at radius 2 is 1.68 bits per heavy atom. The number of piperazine rings is 1. The minimum absolute atomic E-state index is 0.763. The van der Waals surface area contributed by atoms with E-state index in [4.69, 9.17) is 16.6 Å². The van der Waals surface area contributed by atoms with Crippen molar-refractivity contribution in [3.63, 3.8) is 0 Å². The second-order valence-corrected chi connectivity index (χ2v) is 8.73. The van der Waals surface area contributed by atoms with Crippen molar-refractivity contribution in [2.45, 2.75) is 20.4 Å². The topological polar surface area (TPSA) is 33.1 Å². The molecule has 0 unspecified atom stereocenters. The molecule has 1 aliphatic rings. The minimum Gasteiger partial charge on any atom is -0.340 e. The summed E-state index contributed by atoms with van der Waals surface area (Å²) in [6.45, 7) is 9.06. The highest BCUT2D eigenvalue weighted by Gasteiger charge is 2.22. The Balaban J connectivity index is 1.74. The van der Waals surface area contributed by atoms with Crippen LogP contribution in [-0.2, 0) is 6.54 Å². The third-order valence-corrected chi connectivity index (χ3v) is 6.51. The molecule has 1 saturated heterocycles. The predicted molar refractivity (Wildman–Crippen MR) is 130 cm³/mol. The van der Waals surface area contributed by atoms with Crippen LogP contribution in [0, 0.1) is 13.8 Å². The van der Waals surface area contributed by atoms with E-state index >= 15 is 0 Å². The van der Waals surface area contributed by atoms with E-state index in [1.807, 2.05) is 12.1 Å². The van der Waals surface area contributed by atoms with Crippen LogP contribution in [-0.4, -0.2) is 35.7 Å². The fraction of sp³-hybridized carbons (Fsp3) is 0.269. The first-order valence-corrected chi connectivity index (χ1v) is 11.3. The van der Waals surface area contributed by atoms with E-state index in [1.54, 1.807) is 0 Å². The average molecular weight is 431 g/mol. The predicted octanol–water partition coefficient (Wildman–Crippen LogP) is 5.43. The van der Waals surface area contributed by atoms with Crippen LogP contribution in [0.1, 0.15) is 16.7 Å². The average Bonchev–Trinajstić information content (AvgIpc) is 3.15. The lowest BCUT2D eigenvalue weighted by Gasteiger charge is -2.29. The number of halogens is 1. The van der Waals surface area contributed by atoms with Crippen molar-refractivity contribution in [1.29, 1.82) is 0 Å². The Hall–Kier alpha value is -2.82.